The number of nitrogens with zero attached hydrogens (tertiary/aromatic N) is 3. The third-order valence-electron chi connectivity index (χ3n) is 7.72. The largest absolute Gasteiger partial charge is 0.494 e. The van der Waals surface area contributed by atoms with Gasteiger partial charge in [0.1, 0.15) is 17.1 Å². The molecule has 2 N–H and O–H groups in total. The van der Waals surface area contributed by atoms with Crippen LogP contribution in [-0.4, -0.2) is 54.1 Å². The number of carbonyl (C=O) groups is 1. The Morgan fingerprint density at radius 3 is 2.49 bits per heavy atom. The summed E-state index contributed by atoms with van der Waals surface area (Å²) in [6, 6.07) is 6.95. The van der Waals surface area contributed by atoms with E-state index >= 15 is 0 Å². The number of methoxy groups -OCH3 is 1. The number of rotatable bonds is 8. The molecule has 2 aromatic heterocycles. The van der Waals surface area contributed by atoms with Gasteiger partial charge in [-0.3, -0.25) is 9.48 Å². The van der Waals surface area contributed by atoms with Crippen molar-refractivity contribution in [2.75, 3.05) is 38.7 Å². The van der Waals surface area contributed by atoms with E-state index in [2.05, 4.69) is 15.6 Å². The topological polar surface area (TPSA) is 90.3 Å². The Bertz CT molecular complexity index is 1280. The number of alkyl halides is 3. The van der Waals surface area contributed by atoms with Crippen molar-refractivity contribution in [3.63, 3.8) is 0 Å². The van der Waals surface area contributed by atoms with Gasteiger partial charge in [0.2, 0.25) is 0 Å². The highest BCUT2D eigenvalue weighted by Crippen LogP contribution is 2.35. The van der Waals surface area contributed by atoms with Crippen LogP contribution in [0.25, 0.3) is 10.9 Å². The van der Waals surface area contributed by atoms with Gasteiger partial charge in [-0.05, 0) is 81.6 Å². The Labute approximate surface area is 225 Å². The molecule has 1 amide bonds. The molecule has 1 saturated heterocycles. The zero-order chi connectivity index (χ0) is 27.4. The van der Waals surface area contributed by atoms with Crippen molar-refractivity contribution in [3.05, 3.63) is 47.9 Å². The molecule has 0 radical (unpaired) electrons. The summed E-state index contributed by atoms with van der Waals surface area (Å²) in [4.78, 5) is 16.2. The molecule has 0 atom stereocenters. The highest BCUT2D eigenvalue weighted by molar-refractivity contribution is 6.05. The predicted octanol–water partition coefficient (Wildman–Crippen LogP) is 5.46. The molecule has 0 bridgehead atoms. The van der Waals surface area contributed by atoms with Crippen LogP contribution in [0.3, 0.4) is 0 Å². The van der Waals surface area contributed by atoms with Gasteiger partial charge in [0.25, 0.3) is 5.91 Å². The zero-order valence-corrected chi connectivity index (χ0v) is 22.0. The second kappa shape index (κ2) is 11.9. The smallest absolute Gasteiger partial charge is 0.433 e. The third kappa shape index (κ3) is 6.70. The Kier molecular flexibility index (Phi) is 8.37. The molecule has 8 nitrogen and oxygen atoms in total. The molecular weight excluding hydrogens is 511 g/mol. The van der Waals surface area contributed by atoms with Gasteiger partial charge in [-0.25, -0.2) is 4.98 Å². The van der Waals surface area contributed by atoms with E-state index in [0.29, 0.717) is 23.3 Å². The van der Waals surface area contributed by atoms with Gasteiger partial charge in [0.05, 0.1) is 24.4 Å². The molecule has 5 rings (SSSR count). The van der Waals surface area contributed by atoms with Crippen LogP contribution in [0, 0.1) is 11.8 Å². The van der Waals surface area contributed by atoms with Crippen LogP contribution >= 0.6 is 0 Å². The van der Waals surface area contributed by atoms with E-state index in [1.807, 2.05) is 10.9 Å². The van der Waals surface area contributed by atoms with E-state index in [1.54, 1.807) is 12.1 Å². The fraction of sp³-hybridized carbons (Fsp3) is 0.536. The molecule has 11 heteroatoms. The van der Waals surface area contributed by atoms with Gasteiger partial charge in [-0.2, -0.15) is 18.3 Å². The van der Waals surface area contributed by atoms with Crippen LogP contribution in [0.4, 0.5) is 18.9 Å². The van der Waals surface area contributed by atoms with Gasteiger partial charge >= 0.3 is 6.18 Å². The van der Waals surface area contributed by atoms with E-state index in [0.717, 1.165) is 75.0 Å². The molecular formula is C28H34F3N5O3. The summed E-state index contributed by atoms with van der Waals surface area (Å²) < 4.78 is 52.6. The summed E-state index contributed by atoms with van der Waals surface area (Å²) >= 11 is 0. The summed E-state index contributed by atoms with van der Waals surface area (Å²) in [6.45, 7) is 3.85. The summed E-state index contributed by atoms with van der Waals surface area (Å²) in [5.41, 5.74) is -0.404. The van der Waals surface area contributed by atoms with Crippen molar-refractivity contribution in [3.8, 4) is 5.75 Å². The second-order valence-electron chi connectivity index (χ2n) is 10.5. The Morgan fingerprint density at radius 2 is 1.79 bits per heavy atom. The lowest BCUT2D eigenvalue weighted by Gasteiger charge is -2.29. The van der Waals surface area contributed by atoms with Crippen molar-refractivity contribution in [2.45, 2.75) is 50.7 Å². The minimum atomic E-state index is -4.64. The number of nitrogens with one attached hydrogen (secondary N) is 2. The zero-order valence-electron chi connectivity index (χ0n) is 22.0. The fourth-order valence-corrected chi connectivity index (χ4v) is 5.46. The molecule has 1 aliphatic carbocycles. The number of piperidine rings is 1. The highest BCUT2D eigenvalue weighted by Gasteiger charge is 2.33. The molecule has 1 aromatic carbocycles. The van der Waals surface area contributed by atoms with Gasteiger partial charge in [-0.15, -0.1) is 0 Å². The van der Waals surface area contributed by atoms with Gasteiger partial charge < -0.3 is 20.1 Å². The number of carbonyl (C=O) groups excluding carboxylic acids is 1. The van der Waals surface area contributed by atoms with Crippen LogP contribution < -0.4 is 15.4 Å². The maximum atomic E-state index is 13.0. The van der Waals surface area contributed by atoms with Crippen molar-refractivity contribution < 1.29 is 27.4 Å². The first-order valence-electron chi connectivity index (χ1n) is 13.5. The summed E-state index contributed by atoms with van der Waals surface area (Å²) in [5, 5.41) is 11.6. The first-order chi connectivity index (χ1) is 18.8. The summed E-state index contributed by atoms with van der Waals surface area (Å²) in [7, 11) is 1.46. The first kappa shape index (κ1) is 27.4. The van der Waals surface area contributed by atoms with Crippen molar-refractivity contribution in [1.29, 1.82) is 0 Å². The number of anilines is 1. The standard InChI is InChI=1S/C28H34F3N5O3/c1-38-25-14-23-20(13-24(25)34-27(37)22-3-2-4-26(33-22)28(29,30)31)15-36(35-23)21-7-5-18(6-8-21)16-39-17-19-9-11-32-12-10-19/h2-4,13-15,18-19,21,32H,5-12,16-17H2,1H3,(H,34,37). The molecule has 3 aromatic rings. The number of amides is 1. The van der Waals surface area contributed by atoms with E-state index < -0.39 is 17.8 Å². The van der Waals surface area contributed by atoms with Crippen LogP contribution in [0.1, 0.15) is 60.7 Å². The first-order valence-corrected chi connectivity index (χ1v) is 13.5. The van der Waals surface area contributed by atoms with Crippen molar-refractivity contribution in [2.24, 2.45) is 11.8 Å². The maximum absolute atomic E-state index is 13.0. The number of aromatic nitrogens is 3. The number of ether oxygens (including phenoxy) is 2. The summed E-state index contributed by atoms with van der Waals surface area (Å²) in [6.07, 6.45) is 3.89. The number of halogens is 3. The minimum absolute atomic E-state index is 0.274. The molecule has 0 spiro atoms. The molecule has 1 saturated carbocycles. The predicted molar refractivity (Wildman–Crippen MR) is 141 cm³/mol. The van der Waals surface area contributed by atoms with Crippen LogP contribution in [0.2, 0.25) is 0 Å². The van der Waals surface area contributed by atoms with Gasteiger partial charge in [-0.1, -0.05) is 6.07 Å². The lowest BCUT2D eigenvalue weighted by atomic mass is 9.86. The molecule has 210 valence electrons. The fourth-order valence-electron chi connectivity index (χ4n) is 5.46. The van der Waals surface area contributed by atoms with Crippen LogP contribution in [-0.2, 0) is 10.9 Å². The number of pyridine rings is 1. The van der Waals surface area contributed by atoms with Crippen LogP contribution in [0.15, 0.2) is 36.5 Å². The SMILES string of the molecule is COc1cc2nn(C3CCC(COCC4CCNCC4)CC3)cc2cc1NC(=O)c1cccc(C(F)(F)F)n1. The molecule has 1 aliphatic heterocycles. The second-order valence-corrected chi connectivity index (χ2v) is 10.5. The normalized spacial score (nSPS) is 20.7. The Balaban J connectivity index is 1.21. The van der Waals surface area contributed by atoms with E-state index in [-0.39, 0.29) is 11.7 Å². The number of benzene rings is 1. The molecule has 0 unspecified atom stereocenters. The third-order valence-corrected chi connectivity index (χ3v) is 7.72. The average Bonchev–Trinajstić information content (AvgIpc) is 3.36. The monoisotopic (exact) mass is 545 g/mol. The van der Waals surface area contributed by atoms with E-state index in [4.69, 9.17) is 14.6 Å². The summed E-state index contributed by atoms with van der Waals surface area (Å²) in [5.74, 6) is 0.848. The lowest BCUT2D eigenvalue weighted by molar-refractivity contribution is -0.141. The van der Waals surface area contributed by atoms with Crippen molar-refractivity contribution in [1.82, 2.24) is 20.1 Å². The van der Waals surface area contributed by atoms with E-state index in [1.165, 1.54) is 26.0 Å². The number of hydrogen-bond acceptors (Lipinski definition) is 6. The van der Waals surface area contributed by atoms with Crippen molar-refractivity contribution >= 4 is 22.5 Å². The molecule has 2 aliphatic rings. The molecule has 39 heavy (non-hydrogen) atoms. The van der Waals surface area contributed by atoms with Gasteiger partial charge in [0, 0.05) is 30.9 Å². The lowest BCUT2D eigenvalue weighted by Crippen LogP contribution is -2.30. The number of hydrogen-bond donors (Lipinski definition) is 2. The van der Waals surface area contributed by atoms with Crippen LogP contribution in [0.5, 0.6) is 5.75 Å². The Morgan fingerprint density at radius 1 is 1.08 bits per heavy atom. The Hall–Kier alpha value is -3.18. The minimum Gasteiger partial charge on any atom is -0.494 e. The quantitative estimate of drug-likeness (QED) is 0.391. The molecule has 3 heterocycles. The maximum Gasteiger partial charge on any atom is 0.433 e. The van der Waals surface area contributed by atoms with Gasteiger partial charge in [0.15, 0.2) is 0 Å². The molecule has 2 fully saturated rings. The number of fused-ring (bicyclic) bond motifs is 1. The highest BCUT2D eigenvalue weighted by atomic mass is 19.4. The van der Waals surface area contributed by atoms with E-state index in [9.17, 15) is 18.0 Å². The average molecular weight is 546 g/mol.